The van der Waals surface area contributed by atoms with Gasteiger partial charge in [0.25, 0.3) is 0 Å². The maximum Gasteiger partial charge on any atom is 0.233 e. The average molecular weight is 303 g/mol. The Bertz CT molecular complexity index is 453. The number of nitrogens with one attached hydrogen (secondary N) is 1. The molecule has 0 aliphatic carbocycles. The molecular formula is C13H16Cl2N2O2. The molecule has 0 saturated carbocycles. The molecule has 104 valence electrons. The highest BCUT2D eigenvalue weighted by Gasteiger charge is 2.16. The third-order valence-electron chi connectivity index (χ3n) is 2.66. The number of carbonyl (C=O) groups excluding carboxylic acids is 2. The van der Waals surface area contributed by atoms with Crippen molar-refractivity contribution in [2.75, 3.05) is 18.4 Å². The van der Waals surface area contributed by atoms with Gasteiger partial charge in [0, 0.05) is 13.1 Å². The molecule has 0 aliphatic rings. The van der Waals surface area contributed by atoms with E-state index in [9.17, 15) is 9.59 Å². The molecule has 4 nitrogen and oxygen atoms in total. The van der Waals surface area contributed by atoms with E-state index >= 15 is 0 Å². The quantitative estimate of drug-likeness (QED) is 0.849. The standard InChI is InChI=1S/C13H16Cl2N2O2/c1-3-17(4-2)12(19)8-11(18)16-13-9(14)6-5-7-10(13)15/h5-7H,3-4,8H2,1-2H3,(H,16,18). The fraction of sp³-hybridized carbons (Fsp3) is 0.385. The second-order valence-corrected chi connectivity index (χ2v) is 4.70. The van der Waals surface area contributed by atoms with Crippen molar-refractivity contribution in [1.82, 2.24) is 4.90 Å². The highest BCUT2D eigenvalue weighted by molar-refractivity contribution is 6.39. The zero-order valence-corrected chi connectivity index (χ0v) is 12.4. The van der Waals surface area contributed by atoms with E-state index in [0.717, 1.165) is 0 Å². The SMILES string of the molecule is CCN(CC)C(=O)CC(=O)Nc1c(Cl)cccc1Cl. The average Bonchev–Trinajstić information content (AvgIpc) is 2.35. The molecule has 0 atom stereocenters. The molecule has 19 heavy (non-hydrogen) atoms. The van der Waals surface area contributed by atoms with Crippen LogP contribution in [0.15, 0.2) is 18.2 Å². The maximum absolute atomic E-state index is 11.8. The highest BCUT2D eigenvalue weighted by Crippen LogP contribution is 2.29. The van der Waals surface area contributed by atoms with E-state index in [4.69, 9.17) is 23.2 Å². The summed E-state index contributed by atoms with van der Waals surface area (Å²) in [6.45, 7) is 4.89. The molecular weight excluding hydrogens is 287 g/mol. The van der Waals surface area contributed by atoms with Gasteiger partial charge in [0.2, 0.25) is 11.8 Å². The molecule has 0 saturated heterocycles. The van der Waals surface area contributed by atoms with Gasteiger partial charge < -0.3 is 10.2 Å². The summed E-state index contributed by atoms with van der Waals surface area (Å²) < 4.78 is 0. The first-order valence-corrected chi connectivity index (χ1v) is 6.76. The maximum atomic E-state index is 11.8. The summed E-state index contributed by atoms with van der Waals surface area (Å²) in [4.78, 5) is 25.2. The Hall–Kier alpha value is -1.26. The molecule has 0 spiro atoms. The second kappa shape index (κ2) is 7.36. The highest BCUT2D eigenvalue weighted by atomic mass is 35.5. The third-order valence-corrected chi connectivity index (χ3v) is 3.29. The number of nitrogens with zero attached hydrogens (tertiary/aromatic N) is 1. The second-order valence-electron chi connectivity index (χ2n) is 3.89. The smallest absolute Gasteiger partial charge is 0.233 e. The van der Waals surface area contributed by atoms with E-state index < -0.39 is 5.91 Å². The largest absolute Gasteiger partial charge is 0.343 e. The Labute approximate surface area is 122 Å². The van der Waals surface area contributed by atoms with Crippen LogP contribution in [0.25, 0.3) is 0 Å². The van der Waals surface area contributed by atoms with Crippen LogP contribution in [0.4, 0.5) is 5.69 Å². The Morgan fingerprint density at radius 1 is 1.16 bits per heavy atom. The number of anilines is 1. The monoisotopic (exact) mass is 302 g/mol. The van der Waals surface area contributed by atoms with Gasteiger partial charge >= 0.3 is 0 Å². The number of benzene rings is 1. The topological polar surface area (TPSA) is 49.4 Å². The first-order valence-electron chi connectivity index (χ1n) is 6.01. The number of rotatable bonds is 5. The van der Waals surface area contributed by atoms with Crippen LogP contribution in [0.2, 0.25) is 10.0 Å². The van der Waals surface area contributed by atoms with Crippen molar-refractivity contribution in [2.45, 2.75) is 20.3 Å². The van der Waals surface area contributed by atoms with Gasteiger partial charge in [-0.1, -0.05) is 29.3 Å². The van der Waals surface area contributed by atoms with E-state index in [1.807, 2.05) is 13.8 Å². The molecule has 0 fully saturated rings. The molecule has 0 radical (unpaired) electrons. The van der Waals surface area contributed by atoms with Crippen molar-refractivity contribution in [3.63, 3.8) is 0 Å². The summed E-state index contributed by atoms with van der Waals surface area (Å²) in [6, 6.07) is 4.92. The van der Waals surface area contributed by atoms with Crippen LogP contribution in [0.3, 0.4) is 0 Å². The lowest BCUT2D eigenvalue weighted by molar-refractivity contribution is -0.134. The summed E-state index contributed by atoms with van der Waals surface area (Å²) >= 11 is 11.9. The Morgan fingerprint density at radius 2 is 1.68 bits per heavy atom. The first-order chi connectivity index (χ1) is 8.99. The van der Waals surface area contributed by atoms with Gasteiger partial charge in [0.05, 0.1) is 15.7 Å². The summed E-state index contributed by atoms with van der Waals surface area (Å²) in [6.07, 6.45) is -0.219. The van der Waals surface area contributed by atoms with Crippen molar-refractivity contribution in [3.8, 4) is 0 Å². The molecule has 6 heteroatoms. The van der Waals surface area contributed by atoms with Gasteiger partial charge in [-0.15, -0.1) is 0 Å². The van der Waals surface area contributed by atoms with Gasteiger partial charge in [0.1, 0.15) is 6.42 Å². The number of amides is 2. The first kappa shape index (κ1) is 15.8. The van der Waals surface area contributed by atoms with Crippen molar-refractivity contribution in [1.29, 1.82) is 0 Å². The van der Waals surface area contributed by atoms with Gasteiger partial charge in [-0.05, 0) is 26.0 Å². The number of hydrogen-bond donors (Lipinski definition) is 1. The minimum absolute atomic E-state index is 0.217. The number of carbonyl (C=O) groups is 2. The number of halogens is 2. The van der Waals surface area contributed by atoms with Gasteiger partial charge in [-0.3, -0.25) is 9.59 Å². The molecule has 0 aliphatic heterocycles. The Morgan fingerprint density at radius 3 is 2.16 bits per heavy atom. The molecule has 0 unspecified atom stereocenters. The van der Waals surface area contributed by atoms with E-state index in [1.54, 1.807) is 23.1 Å². The summed E-state index contributed by atoms with van der Waals surface area (Å²) in [7, 11) is 0. The zero-order chi connectivity index (χ0) is 14.4. The zero-order valence-electron chi connectivity index (χ0n) is 10.9. The molecule has 0 aromatic heterocycles. The lowest BCUT2D eigenvalue weighted by Crippen LogP contribution is -2.33. The lowest BCUT2D eigenvalue weighted by atomic mass is 10.3. The van der Waals surface area contributed by atoms with E-state index in [2.05, 4.69) is 5.32 Å². The van der Waals surface area contributed by atoms with Gasteiger partial charge in [0.15, 0.2) is 0 Å². The van der Waals surface area contributed by atoms with Crippen molar-refractivity contribution < 1.29 is 9.59 Å². The molecule has 2 amide bonds. The predicted molar refractivity (Wildman–Crippen MR) is 77.6 cm³/mol. The van der Waals surface area contributed by atoms with Crippen LogP contribution in [-0.4, -0.2) is 29.8 Å². The predicted octanol–water partition coefficient (Wildman–Crippen LogP) is 3.19. The molecule has 1 N–H and O–H groups in total. The Kier molecular flexibility index (Phi) is 6.12. The third kappa shape index (κ3) is 4.40. The molecule has 0 heterocycles. The van der Waals surface area contributed by atoms with Gasteiger partial charge in [-0.25, -0.2) is 0 Å². The molecule has 1 aromatic carbocycles. The van der Waals surface area contributed by atoms with Gasteiger partial charge in [-0.2, -0.15) is 0 Å². The van der Waals surface area contributed by atoms with Crippen molar-refractivity contribution in [2.24, 2.45) is 0 Å². The summed E-state index contributed by atoms with van der Waals surface area (Å²) in [5, 5.41) is 3.25. The van der Waals surface area contributed by atoms with E-state index in [1.165, 1.54) is 0 Å². The van der Waals surface area contributed by atoms with Crippen LogP contribution in [0, 0.1) is 0 Å². The minimum atomic E-state index is -0.424. The Balaban J connectivity index is 2.68. The van der Waals surface area contributed by atoms with Crippen molar-refractivity contribution in [3.05, 3.63) is 28.2 Å². The van der Waals surface area contributed by atoms with E-state index in [0.29, 0.717) is 28.8 Å². The minimum Gasteiger partial charge on any atom is -0.343 e. The van der Waals surface area contributed by atoms with Crippen LogP contribution >= 0.6 is 23.2 Å². The molecule has 1 aromatic rings. The molecule has 0 bridgehead atoms. The molecule has 1 rings (SSSR count). The summed E-state index contributed by atoms with van der Waals surface area (Å²) in [5.41, 5.74) is 0.336. The fourth-order valence-electron chi connectivity index (χ4n) is 1.63. The lowest BCUT2D eigenvalue weighted by Gasteiger charge is -2.18. The van der Waals surface area contributed by atoms with E-state index in [-0.39, 0.29) is 12.3 Å². The number of para-hydroxylation sites is 1. The fourth-order valence-corrected chi connectivity index (χ4v) is 2.12. The number of hydrogen-bond acceptors (Lipinski definition) is 2. The van der Waals surface area contributed by atoms with Crippen molar-refractivity contribution >= 4 is 40.7 Å². The van der Waals surface area contributed by atoms with Crippen LogP contribution in [0.5, 0.6) is 0 Å². The summed E-state index contributed by atoms with van der Waals surface area (Å²) in [5.74, 6) is -0.641. The van der Waals surface area contributed by atoms with Crippen LogP contribution < -0.4 is 5.32 Å². The van der Waals surface area contributed by atoms with Crippen LogP contribution in [0.1, 0.15) is 20.3 Å². The van der Waals surface area contributed by atoms with Crippen LogP contribution in [-0.2, 0) is 9.59 Å². The normalized spacial score (nSPS) is 10.1.